The van der Waals surface area contributed by atoms with E-state index in [1.165, 1.54) is 0 Å². The number of amides is 1. The summed E-state index contributed by atoms with van der Waals surface area (Å²) in [6.45, 7) is 5.35. The Balaban J connectivity index is 1.97. The lowest BCUT2D eigenvalue weighted by molar-refractivity contribution is 0.0951. The maximum absolute atomic E-state index is 12.8. The van der Waals surface area contributed by atoms with Gasteiger partial charge in [0.15, 0.2) is 0 Å². The highest BCUT2D eigenvalue weighted by Crippen LogP contribution is 2.29. The van der Waals surface area contributed by atoms with E-state index in [2.05, 4.69) is 21.8 Å². The van der Waals surface area contributed by atoms with Gasteiger partial charge in [-0.1, -0.05) is 0 Å². The van der Waals surface area contributed by atoms with Crippen molar-refractivity contribution < 1.29 is 9.53 Å². The van der Waals surface area contributed by atoms with Crippen molar-refractivity contribution in [2.24, 2.45) is 0 Å². The number of methoxy groups -OCH3 is 1. The van der Waals surface area contributed by atoms with Gasteiger partial charge in [0.1, 0.15) is 5.75 Å². The Morgan fingerprint density at radius 1 is 1.25 bits per heavy atom. The van der Waals surface area contributed by atoms with Gasteiger partial charge >= 0.3 is 0 Å². The summed E-state index contributed by atoms with van der Waals surface area (Å²) in [6.07, 6.45) is 3.45. The quantitative estimate of drug-likeness (QED) is 0.784. The Labute approximate surface area is 141 Å². The number of ether oxygens (including phenoxy) is 1. The summed E-state index contributed by atoms with van der Waals surface area (Å²) in [6, 6.07) is 9.64. The van der Waals surface area contributed by atoms with Crippen molar-refractivity contribution in [3.05, 3.63) is 59.5 Å². The predicted molar refractivity (Wildman–Crippen MR) is 94.3 cm³/mol. The Bertz CT molecular complexity index is 869. The smallest absolute Gasteiger partial charge is 0.254 e. The maximum atomic E-state index is 12.8. The van der Waals surface area contributed by atoms with Crippen molar-refractivity contribution in [3.63, 3.8) is 0 Å². The van der Waals surface area contributed by atoms with Gasteiger partial charge in [0.2, 0.25) is 0 Å². The SMILES string of the molecule is CCn1c(C)c(C(=O)NCc2ccncc2)c2cc(OC)ccc21. The monoisotopic (exact) mass is 323 g/mol. The fraction of sp³-hybridized carbons (Fsp3) is 0.263. The third kappa shape index (κ3) is 2.85. The lowest BCUT2D eigenvalue weighted by Gasteiger charge is -2.07. The fourth-order valence-corrected chi connectivity index (χ4v) is 3.05. The number of hydrogen-bond donors (Lipinski definition) is 1. The molecule has 0 radical (unpaired) electrons. The van der Waals surface area contributed by atoms with Crippen molar-refractivity contribution in [2.75, 3.05) is 7.11 Å². The van der Waals surface area contributed by atoms with Gasteiger partial charge in [0.05, 0.1) is 12.7 Å². The molecule has 2 aromatic heterocycles. The van der Waals surface area contributed by atoms with Gasteiger partial charge in [-0.3, -0.25) is 9.78 Å². The molecule has 1 amide bonds. The van der Waals surface area contributed by atoms with Crippen LogP contribution in [0.4, 0.5) is 0 Å². The van der Waals surface area contributed by atoms with E-state index in [9.17, 15) is 4.79 Å². The average Bonchev–Trinajstić information content (AvgIpc) is 2.90. The predicted octanol–water partition coefficient (Wildman–Crippen LogP) is 3.30. The van der Waals surface area contributed by atoms with Crippen LogP contribution in [0.5, 0.6) is 5.75 Å². The minimum Gasteiger partial charge on any atom is -0.497 e. The Kier molecular flexibility index (Phi) is 4.51. The summed E-state index contributed by atoms with van der Waals surface area (Å²) in [7, 11) is 1.63. The number of hydrogen-bond acceptors (Lipinski definition) is 3. The molecule has 3 aromatic rings. The summed E-state index contributed by atoms with van der Waals surface area (Å²) in [4.78, 5) is 16.8. The number of aromatic nitrogens is 2. The van der Waals surface area contributed by atoms with Gasteiger partial charge < -0.3 is 14.6 Å². The largest absolute Gasteiger partial charge is 0.497 e. The van der Waals surface area contributed by atoms with Crippen LogP contribution >= 0.6 is 0 Å². The van der Waals surface area contributed by atoms with Gasteiger partial charge in [-0.15, -0.1) is 0 Å². The number of nitrogens with one attached hydrogen (secondary N) is 1. The standard InChI is InChI=1S/C19H21N3O2/c1-4-22-13(2)18(16-11-15(24-3)5-6-17(16)22)19(23)21-12-14-7-9-20-10-8-14/h5-11H,4,12H2,1-3H3,(H,21,23). The van der Waals surface area contributed by atoms with Gasteiger partial charge in [-0.05, 0) is 49.7 Å². The second kappa shape index (κ2) is 6.74. The zero-order chi connectivity index (χ0) is 17.1. The lowest BCUT2D eigenvalue weighted by Crippen LogP contribution is -2.23. The summed E-state index contributed by atoms with van der Waals surface area (Å²) in [5.41, 5.74) is 3.74. The topological polar surface area (TPSA) is 56.2 Å². The molecule has 0 atom stereocenters. The number of nitrogens with zero attached hydrogens (tertiary/aromatic N) is 2. The van der Waals surface area contributed by atoms with Crippen molar-refractivity contribution in [2.45, 2.75) is 26.9 Å². The molecule has 1 N–H and O–H groups in total. The highest BCUT2D eigenvalue weighted by Gasteiger charge is 2.19. The molecule has 0 saturated carbocycles. The van der Waals surface area contributed by atoms with E-state index in [0.29, 0.717) is 12.1 Å². The van der Waals surface area contributed by atoms with E-state index >= 15 is 0 Å². The number of benzene rings is 1. The molecule has 0 bridgehead atoms. The first-order valence-electron chi connectivity index (χ1n) is 7.99. The molecular weight excluding hydrogens is 302 g/mol. The van der Waals surface area contributed by atoms with Crippen LogP contribution in [0.3, 0.4) is 0 Å². The molecule has 0 unspecified atom stereocenters. The number of carbonyl (C=O) groups excluding carboxylic acids is 1. The van der Waals surface area contributed by atoms with Crippen LogP contribution in [-0.2, 0) is 13.1 Å². The molecule has 5 heteroatoms. The van der Waals surface area contributed by atoms with Gasteiger partial charge in [-0.25, -0.2) is 0 Å². The summed E-state index contributed by atoms with van der Waals surface area (Å²) < 4.78 is 7.47. The first-order valence-corrected chi connectivity index (χ1v) is 7.99. The Morgan fingerprint density at radius 3 is 2.67 bits per heavy atom. The van der Waals surface area contributed by atoms with Crippen LogP contribution in [0.2, 0.25) is 0 Å². The second-order valence-electron chi connectivity index (χ2n) is 5.63. The molecule has 0 aliphatic carbocycles. The summed E-state index contributed by atoms with van der Waals surface area (Å²) in [5.74, 6) is 0.675. The van der Waals surface area contributed by atoms with E-state index in [4.69, 9.17) is 4.74 Å². The zero-order valence-corrected chi connectivity index (χ0v) is 14.2. The molecule has 124 valence electrons. The highest BCUT2D eigenvalue weighted by molar-refractivity contribution is 6.08. The van der Waals surface area contributed by atoms with Crippen molar-refractivity contribution >= 4 is 16.8 Å². The molecule has 2 heterocycles. The minimum absolute atomic E-state index is 0.0743. The van der Waals surface area contributed by atoms with Crippen molar-refractivity contribution in [1.82, 2.24) is 14.9 Å². The third-order valence-electron chi connectivity index (χ3n) is 4.28. The normalized spacial score (nSPS) is 10.8. The van der Waals surface area contributed by atoms with E-state index in [1.54, 1.807) is 19.5 Å². The van der Waals surface area contributed by atoms with Crippen molar-refractivity contribution in [1.29, 1.82) is 0 Å². The van der Waals surface area contributed by atoms with Gasteiger partial charge in [0, 0.05) is 42.1 Å². The molecule has 0 aliphatic rings. The van der Waals surface area contributed by atoms with E-state index in [-0.39, 0.29) is 5.91 Å². The van der Waals surface area contributed by atoms with Crippen LogP contribution in [0, 0.1) is 6.92 Å². The molecule has 0 fully saturated rings. The number of carbonyl (C=O) groups is 1. The molecular formula is C19H21N3O2. The first-order chi connectivity index (χ1) is 11.7. The highest BCUT2D eigenvalue weighted by atomic mass is 16.5. The zero-order valence-electron chi connectivity index (χ0n) is 14.2. The summed E-state index contributed by atoms with van der Waals surface area (Å²) in [5, 5.41) is 3.92. The number of pyridine rings is 1. The maximum Gasteiger partial charge on any atom is 0.254 e. The lowest BCUT2D eigenvalue weighted by atomic mass is 10.1. The van der Waals surface area contributed by atoms with E-state index < -0.39 is 0 Å². The van der Waals surface area contributed by atoms with Gasteiger partial charge in [0.25, 0.3) is 5.91 Å². The Morgan fingerprint density at radius 2 is 2.00 bits per heavy atom. The molecule has 3 rings (SSSR count). The van der Waals surface area contributed by atoms with Crippen LogP contribution < -0.4 is 10.1 Å². The molecule has 0 aliphatic heterocycles. The second-order valence-corrected chi connectivity index (χ2v) is 5.63. The van der Waals surface area contributed by atoms with Crippen LogP contribution in [-0.4, -0.2) is 22.6 Å². The van der Waals surface area contributed by atoms with Gasteiger partial charge in [-0.2, -0.15) is 0 Å². The Hall–Kier alpha value is -2.82. The average molecular weight is 323 g/mol. The number of rotatable bonds is 5. The molecule has 24 heavy (non-hydrogen) atoms. The number of aryl methyl sites for hydroxylation is 1. The molecule has 1 aromatic carbocycles. The first kappa shape index (κ1) is 16.1. The van der Waals surface area contributed by atoms with Crippen LogP contribution in [0.25, 0.3) is 10.9 Å². The van der Waals surface area contributed by atoms with Crippen LogP contribution in [0.15, 0.2) is 42.7 Å². The molecule has 0 saturated heterocycles. The minimum atomic E-state index is -0.0743. The van der Waals surface area contributed by atoms with Crippen LogP contribution in [0.1, 0.15) is 28.5 Å². The third-order valence-corrected chi connectivity index (χ3v) is 4.28. The fourth-order valence-electron chi connectivity index (χ4n) is 3.05. The molecule has 5 nitrogen and oxygen atoms in total. The van der Waals surface area contributed by atoms with Crippen molar-refractivity contribution in [3.8, 4) is 5.75 Å². The summed E-state index contributed by atoms with van der Waals surface area (Å²) >= 11 is 0. The number of fused-ring (bicyclic) bond motifs is 1. The van der Waals surface area contributed by atoms with E-state index in [0.717, 1.165) is 34.5 Å². The van der Waals surface area contributed by atoms with E-state index in [1.807, 2.05) is 37.3 Å². The molecule has 0 spiro atoms.